The Hall–Kier alpha value is -3.74. The third-order valence-corrected chi connectivity index (χ3v) is 5.09. The van der Waals surface area contributed by atoms with Gasteiger partial charge in [-0.15, -0.1) is 0 Å². The van der Waals surface area contributed by atoms with Gasteiger partial charge in [-0.05, 0) is 41.3 Å². The molecule has 3 aromatic carbocycles. The van der Waals surface area contributed by atoms with Crippen molar-refractivity contribution in [3.05, 3.63) is 77.5 Å². The van der Waals surface area contributed by atoms with Crippen LogP contribution < -0.4 is 5.73 Å². The minimum absolute atomic E-state index is 0.0411. The number of rotatable bonds is 5. The molecule has 0 saturated carbocycles. The maximum absolute atomic E-state index is 14.8. The first kappa shape index (κ1) is 19.6. The fraction of sp³-hybridized carbons (Fsp3) is 0.130. The van der Waals surface area contributed by atoms with Crippen molar-refractivity contribution in [2.75, 3.05) is 0 Å². The Balaban J connectivity index is 2.10. The molecule has 0 aliphatic heterocycles. The highest BCUT2D eigenvalue weighted by Crippen LogP contribution is 2.39. The number of nitrogens with one attached hydrogen (secondary N) is 1. The summed E-state index contributed by atoms with van der Waals surface area (Å²) in [6.45, 7) is 2.04. The normalized spacial score (nSPS) is 11.9. The molecule has 7 heteroatoms. The number of nitrogens with zero attached hydrogens (tertiary/aromatic N) is 2. The molecule has 4 aromatic rings. The van der Waals surface area contributed by atoms with Crippen LogP contribution in [0, 0.1) is 11.6 Å². The highest BCUT2D eigenvalue weighted by molar-refractivity contribution is 6.07. The molecule has 0 saturated heterocycles. The van der Waals surface area contributed by atoms with Crippen molar-refractivity contribution in [3.63, 3.8) is 0 Å². The van der Waals surface area contributed by atoms with Gasteiger partial charge in [0.25, 0.3) is 0 Å². The Bertz CT molecular complexity index is 1260. The molecule has 152 valence electrons. The molecule has 5 nitrogen and oxygen atoms in total. The van der Waals surface area contributed by atoms with Crippen LogP contribution in [0.2, 0.25) is 0 Å². The zero-order valence-electron chi connectivity index (χ0n) is 16.3. The number of benzene rings is 3. The number of aromatic amines is 1. The number of H-pyrrole nitrogens is 1. The maximum Gasteiger partial charge on any atom is 0.170 e. The summed E-state index contributed by atoms with van der Waals surface area (Å²) in [5, 5.41) is 20.4. The Morgan fingerprint density at radius 3 is 2.73 bits per heavy atom. The molecule has 0 aliphatic carbocycles. The average molecular weight is 406 g/mol. The molecule has 0 aliphatic rings. The molecule has 0 amide bonds. The molecule has 30 heavy (non-hydrogen) atoms. The predicted octanol–water partition coefficient (Wildman–Crippen LogP) is 5.22. The molecule has 0 bridgehead atoms. The minimum Gasteiger partial charge on any atom is -0.409 e. The Labute approximate surface area is 171 Å². The first-order valence-electron chi connectivity index (χ1n) is 9.56. The van der Waals surface area contributed by atoms with Gasteiger partial charge in [-0.25, -0.2) is 8.78 Å². The molecule has 0 radical (unpaired) electrons. The van der Waals surface area contributed by atoms with Crippen molar-refractivity contribution in [1.29, 1.82) is 0 Å². The van der Waals surface area contributed by atoms with Crippen molar-refractivity contribution in [2.45, 2.75) is 19.8 Å². The number of aromatic nitrogens is 2. The van der Waals surface area contributed by atoms with Crippen LogP contribution in [0.3, 0.4) is 0 Å². The highest BCUT2D eigenvalue weighted by atomic mass is 19.2. The summed E-state index contributed by atoms with van der Waals surface area (Å²) >= 11 is 0. The predicted molar refractivity (Wildman–Crippen MR) is 113 cm³/mol. The molecule has 4 rings (SSSR count). The first-order chi connectivity index (χ1) is 14.5. The molecule has 0 atom stereocenters. The van der Waals surface area contributed by atoms with Crippen molar-refractivity contribution in [1.82, 2.24) is 10.2 Å². The average Bonchev–Trinajstić information content (AvgIpc) is 3.23. The van der Waals surface area contributed by atoms with E-state index in [1.54, 1.807) is 12.3 Å². The zero-order chi connectivity index (χ0) is 21.3. The van der Waals surface area contributed by atoms with E-state index in [9.17, 15) is 14.0 Å². The zero-order valence-corrected chi connectivity index (χ0v) is 16.3. The van der Waals surface area contributed by atoms with Crippen LogP contribution in [0.25, 0.3) is 33.2 Å². The van der Waals surface area contributed by atoms with E-state index in [1.807, 2.05) is 31.2 Å². The van der Waals surface area contributed by atoms with Crippen molar-refractivity contribution in [2.24, 2.45) is 10.9 Å². The van der Waals surface area contributed by atoms with Gasteiger partial charge >= 0.3 is 0 Å². The second-order valence-corrected chi connectivity index (χ2v) is 7.07. The molecule has 0 unspecified atom stereocenters. The van der Waals surface area contributed by atoms with E-state index in [0.717, 1.165) is 40.9 Å². The quantitative estimate of drug-likeness (QED) is 0.184. The second-order valence-electron chi connectivity index (χ2n) is 7.07. The van der Waals surface area contributed by atoms with E-state index in [2.05, 4.69) is 15.4 Å². The third-order valence-electron chi connectivity index (χ3n) is 5.09. The summed E-state index contributed by atoms with van der Waals surface area (Å²) in [4.78, 5) is 0. The minimum atomic E-state index is -0.989. The molecule has 0 spiro atoms. The van der Waals surface area contributed by atoms with E-state index in [1.165, 1.54) is 12.1 Å². The van der Waals surface area contributed by atoms with Crippen molar-refractivity contribution >= 4 is 16.7 Å². The van der Waals surface area contributed by atoms with E-state index in [0.29, 0.717) is 16.7 Å². The van der Waals surface area contributed by atoms with Gasteiger partial charge in [0.05, 0.1) is 11.7 Å². The second kappa shape index (κ2) is 7.94. The summed E-state index contributed by atoms with van der Waals surface area (Å²) in [5.41, 5.74) is 9.90. The van der Waals surface area contributed by atoms with Gasteiger partial charge in [-0.1, -0.05) is 48.8 Å². The van der Waals surface area contributed by atoms with Crippen LogP contribution in [0.5, 0.6) is 0 Å². The number of fused-ring (bicyclic) bond motifs is 1. The number of hydrogen-bond acceptors (Lipinski definition) is 3. The summed E-state index contributed by atoms with van der Waals surface area (Å²) in [5.74, 6) is -2.13. The summed E-state index contributed by atoms with van der Waals surface area (Å²) in [7, 11) is 0. The number of oxime groups is 1. The van der Waals surface area contributed by atoms with Crippen molar-refractivity contribution in [3.8, 4) is 22.3 Å². The van der Waals surface area contributed by atoms with Crippen LogP contribution in [0.4, 0.5) is 8.78 Å². The Morgan fingerprint density at radius 1 is 1.13 bits per heavy atom. The fourth-order valence-corrected chi connectivity index (χ4v) is 3.71. The van der Waals surface area contributed by atoms with Gasteiger partial charge < -0.3 is 10.9 Å². The number of halogens is 2. The van der Waals surface area contributed by atoms with Gasteiger partial charge in [0.1, 0.15) is 0 Å². The molecule has 0 fully saturated rings. The highest BCUT2D eigenvalue weighted by Gasteiger charge is 2.21. The van der Waals surface area contributed by atoms with Crippen LogP contribution in [-0.2, 0) is 6.42 Å². The summed E-state index contributed by atoms with van der Waals surface area (Å²) in [6.07, 6.45) is 3.33. The van der Waals surface area contributed by atoms with Gasteiger partial charge in [0.2, 0.25) is 0 Å². The SMILES string of the molecule is CCCc1cc(C(N)=NO)c(-c2cccc(F)c2F)c(-c2ccc3cn[nH]c3c2)c1. The topological polar surface area (TPSA) is 87.3 Å². The smallest absolute Gasteiger partial charge is 0.170 e. The van der Waals surface area contributed by atoms with E-state index < -0.39 is 11.6 Å². The standard InChI is InChI=1S/C23H20F2N4O/c1-2-4-13-9-17(14-7-8-15-12-27-28-20(15)11-14)21(18(10-13)23(26)29-30)16-5-3-6-19(24)22(16)25/h3,5-12,30H,2,4H2,1H3,(H2,26,29)(H,27,28). The number of aryl methyl sites for hydroxylation is 1. The molecule has 1 aromatic heterocycles. The van der Waals surface area contributed by atoms with Gasteiger partial charge in [-0.2, -0.15) is 5.10 Å². The number of hydrogen-bond donors (Lipinski definition) is 3. The van der Waals surface area contributed by atoms with Gasteiger partial charge in [0, 0.05) is 22.1 Å². The van der Waals surface area contributed by atoms with E-state index in [-0.39, 0.29) is 11.4 Å². The van der Waals surface area contributed by atoms with E-state index >= 15 is 0 Å². The third kappa shape index (κ3) is 3.39. The van der Waals surface area contributed by atoms with Crippen LogP contribution in [0.1, 0.15) is 24.5 Å². The summed E-state index contributed by atoms with van der Waals surface area (Å²) in [6, 6.07) is 13.4. The maximum atomic E-state index is 14.8. The molecular weight excluding hydrogens is 386 g/mol. The first-order valence-corrected chi connectivity index (χ1v) is 9.56. The Morgan fingerprint density at radius 2 is 1.97 bits per heavy atom. The fourth-order valence-electron chi connectivity index (χ4n) is 3.71. The Kier molecular flexibility index (Phi) is 5.18. The lowest BCUT2D eigenvalue weighted by molar-refractivity contribution is 0.318. The number of amidine groups is 1. The molecule has 4 N–H and O–H groups in total. The van der Waals surface area contributed by atoms with Crippen LogP contribution in [-0.4, -0.2) is 21.2 Å². The van der Waals surface area contributed by atoms with E-state index in [4.69, 9.17) is 5.73 Å². The molecule has 1 heterocycles. The largest absolute Gasteiger partial charge is 0.409 e. The van der Waals surface area contributed by atoms with Crippen LogP contribution in [0.15, 0.2) is 59.9 Å². The lowest BCUT2D eigenvalue weighted by Gasteiger charge is -2.18. The lowest BCUT2D eigenvalue weighted by atomic mass is 9.87. The number of nitrogens with two attached hydrogens (primary N) is 1. The summed E-state index contributed by atoms with van der Waals surface area (Å²) < 4.78 is 28.9. The van der Waals surface area contributed by atoms with Crippen molar-refractivity contribution < 1.29 is 14.0 Å². The van der Waals surface area contributed by atoms with Gasteiger partial charge in [0.15, 0.2) is 17.5 Å². The molecular formula is C23H20F2N4O. The lowest BCUT2D eigenvalue weighted by Crippen LogP contribution is -2.16. The monoisotopic (exact) mass is 406 g/mol. The van der Waals surface area contributed by atoms with Gasteiger partial charge in [-0.3, -0.25) is 5.10 Å². The van der Waals surface area contributed by atoms with Crippen LogP contribution >= 0.6 is 0 Å².